The van der Waals surface area contributed by atoms with Crippen molar-refractivity contribution in [2.45, 2.75) is 57.4 Å². The number of rotatable bonds is 3. The molecule has 3 heteroatoms. The molecule has 1 aliphatic rings. The summed E-state index contributed by atoms with van der Waals surface area (Å²) in [6.45, 7) is 13.0. The highest BCUT2D eigenvalue weighted by atomic mass is 16.2. The number of hydrogen-bond acceptors (Lipinski definition) is 2. The molecule has 3 rings (SSSR count). The number of carbonyl (C=O) groups is 1. The predicted molar refractivity (Wildman–Crippen MR) is 108 cm³/mol. The standard InChI is InChI=1S/C23H29N2O/c1-15-6-9-17(10-7-15)25-21(26)20(24)16-8-11-18-19(14-16)23(4,5)13-12-22(18,2)3/h6-11,14,20H,1,12-13,24H2,2-5H3,(H,25,26). The van der Waals surface area contributed by atoms with Gasteiger partial charge in [-0.15, -0.1) is 0 Å². The van der Waals surface area contributed by atoms with Crippen LogP contribution in [0.1, 0.15) is 68.8 Å². The molecule has 1 amide bonds. The average Bonchev–Trinajstić information content (AvgIpc) is 2.60. The van der Waals surface area contributed by atoms with E-state index >= 15 is 0 Å². The molecule has 0 saturated carbocycles. The monoisotopic (exact) mass is 349 g/mol. The lowest BCUT2D eigenvalue weighted by molar-refractivity contribution is -0.117. The summed E-state index contributed by atoms with van der Waals surface area (Å²) in [4.78, 5) is 12.6. The number of benzene rings is 2. The van der Waals surface area contributed by atoms with E-state index in [-0.39, 0.29) is 16.7 Å². The highest BCUT2D eigenvalue weighted by Gasteiger charge is 2.37. The largest absolute Gasteiger partial charge is 0.324 e. The van der Waals surface area contributed by atoms with Gasteiger partial charge in [-0.2, -0.15) is 0 Å². The van der Waals surface area contributed by atoms with Gasteiger partial charge in [0, 0.05) is 5.69 Å². The first-order valence-electron chi connectivity index (χ1n) is 9.23. The third kappa shape index (κ3) is 3.54. The molecule has 0 fully saturated rings. The Morgan fingerprint density at radius 1 is 1.00 bits per heavy atom. The minimum atomic E-state index is -0.694. The van der Waals surface area contributed by atoms with Gasteiger partial charge >= 0.3 is 0 Å². The summed E-state index contributed by atoms with van der Waals surface area (Å²) in [5.41, 5.74) is 11.7. The topological polar surface area (TPSA) is 55.1 Å². The minimum absolute atomic E-state index is 0.0982. The molecule has 0 aliphatic heterocycles. The second-order valence-corrected chi connectivity index (χ2v) is 8.74. The lowest BCUT2D eigenvalue weighted by atomic mass is 9.63. The normalized spacial score (nSPS) is 18.7. The maximum Gasteiger partial charge on any atom is 0.245 e. The number of nitrogens with two attached hydrogens (primary N) is 1. The quantitative estimate of drug-likeness (QED) is 0.832. The summed E-state index contributed by atoms with van der Waals surface area (Å²) >= 11 is 0. The maximum absolute atomic E-state index is 12.6. The molecule has 2 aromatic rings. The van der Waals surface area contributed by atoms with Crippen molar-refractivity contribution < 1.29 is 4.79 Å². The second kappa shape index (κ2) is 6.55. The van der Waals surface area contributed by atoms with Crippen LogP contribution in [-0.2, 0) is 15.6 Å². The van der Waals surface area contributed by atoms with E-state index in [9.17, 15) is 4.79 Å². The molecule has 0 aromatic heterocycles. The Hall–Kier alpha value is -2.13. The fourth-order valence-corrected chi connectivity index (χ4v) is 3.76. The predicted octanol–water partition coefficient (Wildman–Crippen LogP) is 4.86. The Bertz CT molecular complexity index is 819. The van der Waals surface area contributed by atoms with E-state index in [1.165, 1.54) is 17.5 Å². The number of fused-ring (bicyclic) bond motifs is 1. The van der Waals surface area contributed by atoms with Gasteiger partial charge in [-0.05, 0) is 65.0 Å². The molecular weight excluding hydrogens is 320 g/mol. The molecule has 3 N–H and O–H groups in total. The van der Waals surface area contributed by atoms with E-state index in [4.69, 9.17) is 5.73 Å². The Kier molecular flexibility index (Phi) is 4.70. The van der Waals surface area contributed by atoms with Crippen LogP contribution in [0.3, 0.4) is 0 Å². The van der Waals surface area contributed by atoms with E-state index < -0.39 is 6.04 Å². The van der Waals surface area contributed by atoms with Gasteiger partial charge in [0.2, 0.25) is 5.91 Å². The maximum atomic E-state index is 12.6. The number of carbonyl (C=O) groups excluding carboxylic acids is 1. The Morgan fingerprint density at radius 3 is 2.19 bits per heavy atom. The average molecular weight is 349 g/mol. The SMILES string of the molecule is [CH2]c1ccc(NC(=O)C(N)c2ccc3c(c2)C(C)(C)CCC3(C)C)cc1. The van der Waals surface area contributed by atoms with Crippen molar-refractivity contribution in [1.82, 2.24) is 0 Å². The van der Waals surface area contributed by atoms with Crippen molar-refractivity contribution in [2.24, 2.45) is 5.73 Å². The van der Waals surface area contributed by atoms with Crippen LogP contribution >= 0.6 is 0 Å². The summed E-state index contributed by atoms with van der Waals surface area (Å²) in [5, 5.41) is 2.89. The van der Waals surface area contributed by atoms with Crippen LogP contribution in [0.25, 0.3) is 0 Å². The van der Waals surface area contributed by atoms with Crippen molar-refractivity contribution in [3.63, 3.8) is 0 Å². The van der Waals surface area contributed by atoms with Gasteiger partial charge < -0.3 is 11.1 Å². The van der Waals surface area contributed by atoms with Crippen LogP contribution in [0, 0.1) is 6.92 Å². The van der Waals surface area contributed by atoms with Crippen molar-refractivity contribution >= 4 is 11.6 Å². The summed E-state index contributed by atoms with van der Waals surface area (Å²) < 4.78 is 0. The number of anilines is 1. The molecule has 1 aliphatic carbocycles. The molecule has 1 atom stereocenters. The summed E-state index contributed by atoms with van der Waals surface area (Å²) in [7, 11) is 0. The fourth-order valence-electron chi connectivity index (χ4n) is 3.76. The van der Waals surface area contributed by atoms with Crippen LogP contribution in [0.15, 0.2) is 42.5 Å². The van der Waals surface area contributed by atoms with Crippen LogP contribution < -0.4 is 11.1 Å². The zero-order valence-corrected chi connectivity index (χ0v) is 16.2. The van der Waals surface area contributed by atoms with Crippen LogP contribution in [0.4, 0.5) is 5.69 Å². The van der Waals surface area contributed by atoms with Gasteiger partial charge in [0.05, 0.1) is 0 Å². The smallest absolute Gasteiger partial charge is 0.245 e. The molecule has 1 unspecified atom stereocenters. The zero-order valence-electron chi connectivity index (χ0n) is 16.2. The first kappa shape index (κ1) is 18.7. The molecule has 26 heavy (non-hydrogen) atoms. The molecule has 1 radical (unpaired) electrons. The summed E-state index contributed by atoms with van der Waals surface area (Å²) in [5.74, 6) is -0.199. The fraction of sp³-hybridized carbons (Fsp3) is 0.391. The van der Waals surface area contributed by atoms with Crippen molar-refractivity contribution in [3.8, 4) is 0 Å². The van der Waals surface area contributed by atoms with E-state index in [2.05, 4.69) is 52.1 Å². The van der Waals surface area contributed by atoms with E-state index in [1.54, 1.807) is 0 Å². The first-order chi connectivity index (χ1) is 12.1. The molecule has 137 valence electrons. The summed E-state index contributed by atoms with van der Waals surface area (Å²) in [6, 6.07) is 13.0. The molecule has 0 bridgehead atoms. The number of hydrogen-bond donors (Lipinski definition) is 2. The van der Waals surface area contributed by atoms with Crippen molar-refractivity contribution in [1.29, 1.82) is 0 Å². The highest BCUT2D eigenvalue weighted by Crippen LogP contribution is 2.46. The number of nitrogens with one attached hydrogen (secondary N) is 1. The third-order valence-electron chi connectivity index (χ3n) is 5.74. The number of amides is 1. The van der Waals surface area contributed by atoms with Gasteiger partial charge in [0.15, 0.2) is 0 Å². The van der Waals surface area contributed by atoms with Crippen LogP contribution in [0.5, 0.6) is 0 Å². The molecule has 2 aromatic carbocycles. The lowest BCUT2D eigenvalue weighted by Gasteiger charge is -2.42. The van der Waals surface area contributed by atoms with E-state index in [0.29, 0.717) is 0 Å². The van der Waals surface area contributed by atoms with Crippen molar-refractivity contribution in [2.75, 3.05) is 5.32 Å². The van der Waals surface area contributed by atoms with Gasteiger partial charge in [0.1, 0.15) is 6.04 Å². The van der Waals surface area contributed by atoms with Gasteiger partial charge in [-0.1, -0.05) is 58.0 Å². The Labute approximate surface area is 157 Å². The molecule has 0 saturated heterocycles. The molecule has 0 spiro atoms. The molecular formula is C23H29N2O. The van der Waals surface area contributed by atoms with Crippen molar-refractivity contribution in [3.05, 3.63) is 71.6 Å². The van der Waals surface area contributed by atoms with E-state index in [1.807, 2.05) is 30.3 Å². The van der Waals surface area contributed by atoms with E-state index in [0.717, 1.165) is 23.2 Å². The van der Waals surface area contributed by atoms with Gasteiger partial charge in [-0.3, -0.25) is 4.79 Å². The molecule has 0 heterocycles. The van der Waals surface area contributed by atoms with Gasteiger partial charge in [-0.25, -0.2) is 0 Å². The third-order valence-corrected chi connectivity index (χ3v) is 5.74. The Morgan fingerprint density at radius 2 is 1.58 bits per heavy atom. The Balaban J connectivity index is 1.87. The lowest BCUT2D eigenvalue weighted by Crippen LogP contribution is -2.35. The van der Waals surface area contributed by atoms with Crippen LogP contribution in [0.2, 0.25) is 0 Å². The molecule has 3 nitrogen and oxygen atoms in total. The zero-order chi connectivity index (χ0) is 19.1. The first-order valence-corrected chi connectivity index (χ1v) is 9.23. The summed E-state index contributed by atoms with van der Waals surface area (Å²) in [6.07, 6.45) is 2.30. The van der Waals surface area contributed by atoms with Crippen LogP contribution in [-0.4, -0.2) is 5.91 Å². The minimum Gasteiger partial charge on any atom is -0.324 e. The highest BCUT2D eigenvalue weighted by molar-refractivity contribution is 5.95. The van der Waals surface area contributed by atoms with Gasteiger partial charge in [0.25, 0.3) is 0 Å². The second-order valence-electron chi connectivity index (χ2n) is 8.74.